The van der Waals surface area contributed by atoms with Gasteiger partial charge >= 0.3 is 0 Å². The van der Waals surface area contributed by atoms with Crippen LogP contribution in [0, 0.1) is 5.82 Å². The summed E-state index contributed by atoms with van der Waals surface area (Å²) in [4.78, 5) is 6.86. The fraction of sp³-hybridized carbons (Fsp3) is 0.500. The summed E-state index contributed by atoms with van der Waals surface area (Å²) in [5, 5.41) is 8.29. The topological polar surface area (TPSA) is 61.0 Å². The molecule has 2 aromatic heterocycles. The summed E-state index contributed by atoms with van der Waals surface area (Å²) in [6.45, 7) is 5.06. The summed E-state index contributed by atoms with van der Waals surface area (Å²) in [6, 6.07) is 5.11. The van der Waals surface area contributed by atoms with Gasteiger partial charge in [0, 0.05) is 45.9 Å². The van der Waals surface area contributed by atoms with E-state index in [1.54, 1.807) is 17.9 Å². The predicted molar refractivity (Wildman–Crippen MR) is 95.2 cm³/mol. The number of likely N-dealkylation sites (tertiary alicyclic amines) is 1. The van der Waals surface area contributed by atoms with Gasteiger partial charge in [0.1, 0.15) is 11.3 Å². The minimum Gasteiger partial charge on any atom is -0.379 e. The van der Waals surface area contributed by atoms with Crippen LogP contribution in [0.25, 0.3) is 11.0 Å². The Labute approximate surface area is 151 Å². The van der Waals surface area contributed by atoms with Crippen LogP contribution in [-0.2, 0) is 24.9 Å². The van der Waals surface area contributed by atoms with Crippen LogP contribution in [0.15, 0.2) is 24.4 Å². The number of halogens is 1. The summed E-state index contributed by atoms with van der Waals surface area (Å²) >= 11 is 0. The first-order chi connectivity index (χ1) is 12.6. The number of para-hydroxylation sites is 1. The van der Waals surface area contributed by atoms with Gasteiger partial charge in [-0.1, -0.05) is 11.3 Å². The minimum absolute atomic E-state index is 0.0582. The highest BCUT2D eigenvalue weighted by molar-refractivity contribution is 5.76. The lowest BCUT2D eigenvalue weighted by molar-refractivity contribution is 0.0954. The molecule has 0 unspecified atom stereocenters. The average Bonchev–Trinajstić information content (AvgIpc) is 3.32. The first kappa shape index (κ1) is 17.1. The zero-order valence-corrected chi connectivity index (χ0v) is 15.3. The number of fused-ring (bicyclic) bond motifs is 1. The maximum atomic E-state index is 14.1. The van der Waals surface area contributed by atoms with Gasteiger partial charge in [0.05, 0.1) is 23.9 Å². The number of benzene rings is 1. The molecular formula is C18H23FN6O. The summed E-state index contributed by atoms with van der Waals surface area (Å²) in [7, 11) is 3.59. The van der Waals surface area contributed by atoms with Crippen molar-refractivity contribution in [3.63, 3.8) is 0 Å². The number of hydrogen-bond donors (Lipinski definition) is 0. The zero-order valence-electron chi connectivity index (χ0n) is 15.3. The Hall–Kier alpha value is -2.32. The Bertz CT molecular complexity index is 920. The van der Waals surface area contributed by atoms with Crippen LogP contribution in [0.4, 0.5) is 4.39 Å². The van der Waals surface area contributed by atoms with Gasteiger partial charge in [0.25, 0.3) is 0 Å². The molecular weight excluding hydrogens is 335 g/mol. The molecule has 0 aliphatic carbocycles. The first-order valence-corrected chi connectivity index (χ1v) is 8.85. The molecule has 1 aromatic carbocycles. The first-order valence-electron chi connectivity index (χ1n) is 8.85. The molecule has 3 aromatic rings. The van der Waals surface area contributed by atoms with E-state index in [4.69, 9.17) is 4.74 Å². The van der Waals surface area contributed by atoms with Crippen molar-refractivity contribution in [1.29, 1.82) is 0 Å². The molecule has 26 heavy (non-hydrogen) atoms. The molecule has 8 heteroatoms. The molecule has 4 rings (SSSR count). The van der Waals surface area contributed by atoms with E-state index in [0.29, 0.717) is 12.1 Å². The largest absolute Gasteiger partial charge is 0.379 e. The van der Waals surface area contributed by atoms with Crippen molar-refractivity contribution in [2.45, 2.75) is 32.0 Å². The zero-order chi connectivity index (χ0) is 18.3. The molecule has 1 aliphatic heterocycles. The van der Waals surface area contributed by atoms with E-state index in [0.717, 1.165) is 36.7 Å². The molecule has 3 heterocycles. The molecule has 0 spiro atoms. The molecule has 1 fully saturated rings. The normalized spacial score (nSPS) is 21.1. The molecule has 1 aliphatic rings. The molecule has 1 saturated heterocycles. The van der Waals surface area contributed by atoms with E-state index in [1.807, 2.05) is 19.3 Å². The van der Waals surface area contributed by atoms with Crippen molar-refractivity contribution in [2.24, 2.45) is 7.05 Å². The maximum Gasteiger partial charge on any atom is 0.151 e. The van der Waals surface area contributed by atoms with E-state index in [2.05, 4.69) is 31.7 Å². The summed E-state index contributed by atoms with van der Waals surface area (Å²) in [5.41, 5.74) is 2.23. The number of rotatable bonds is 5. The van der Waals surface area contributed by atoms with Gasteiger partial charge in [-0.2, -0.15) is 0 Å². The van der Waals surface area contributed by atoms with Crippen molar-refractivity contribution in [1.82, 2.24) is 29.4 Å². The predicted octanol–water partition coefficient (Wildman–Crippen LogP) is 1.94. The third-order valence-corrected chi connectivity index (χ3v) is 5.13. The van der Waals surface area contributed by atoms with Gasteiger partial charge in [-0.05, 0) is 19.1 Å². The molecule has 0 bridgehead atoms. The van der Waals surface area contributed by atoms with Crippen LogP contribution in [0.3, 0.4) is 0 Å². The van der Waals surface area contributed by atoms with Crippen molar-refractivity contribution < 1.29 is 9.13 Å². The van der Waals surface area contributed by atoms with Gasteiger partial charge in [0.2, 0.25) is 0 Å². The van der Waals surface area contributed by atoms with Crippen molar-refractivity contribution in [2.75, 3.05) is 20.2 Å². The fourth-order valence-corrected chi connectivity index (χ4v) is 3.87. The third-order valence-electron chi connectivity index (χ3n) is 5.13. The average molecular weight is 358 g/mol. The smallest absolute Gasteiger partial charge is 0.151 e. The molecule has 0 saturated carbocycles. The Balaban J connectivity index is 1.60. The van der Waals surface area contributed by atoms with E-state index < -0.39 is 0 Å². The highest BCUT2D eigenvalue weighted by Gasteiger charge is 2.36. The third kappa shape index (κ3) is 2.89. The lowest BCUT2D eigenvalue weighted by Gasteiger charge is -2.15. The Morgan fingerprint density at radius 2 is 2.15 bits per heavy atom. The number of ether oxygens (including phenoxy) is 1. The molecule has 0 N–H and O–H groups in total. The number of hydrogen-bond acceptors (Lipinski definition) is 5. The van der Waals surface area contributed by atoms with Crippen LogP contribution in [0.5, 0.6) is 0 Å². The SMILES string of the molecule is CCn1c(CN2C[C@@H](OC)[C@H](c3cn(C)nn3)C2)nc2c(F)cccc21. The lowest BCUT2D eigenvalue weighted by Crippen LogP contribution is -2.24. The Morgan fingerprint density at radius 3 is 2.85 bits per heavy atom. The summed E-state index contributed by atoms with van der Waals surface area (Å²) in [6.07, 6.45) is 2.00. The number of aryl methyl sites for hydroxylation is 2. The maximum absolute atomic E-state index is 14.1. The fourth-order valence-electron chi connectivity index (χ4n) is 3.87. The van der Waals surface area contributed by atoms with Crippen LogP contribution >= 0.6 is 0 Å². The number of aromatic nitrogens is 5. The second-order valence-electron chi connectivity index (χ2n) is 6.77. The quantitative estimate of drug-likeness (QED) is 0.698. The number of imidazole rings is 1. The van der Waals surface area contributed by atoms with E-state index in [9.17, 15) is 4.39 Å². The van der Waals surface area contributed by atoms with Crippen LogP contribution in [0.2, 0.25) is 0 Å². The highest BCUT2D eigenvalue weighted by atomic mass is 19.1. The van der Waals surface area contributed by atoms with Gasteiger partial charge in [-0.15, -0.1) is 5.10 Å². The van der Waals surface area contributed by atoms with E-state index in [1.165, 1.54) is 6.07 Å². The monoisotopic (exact) mass is 358 g/mol. The summed E-state index contributed by atoms with van der Waals surface area (Å²) in [5.74, 6) is 0.775. The van der Waals surface area contributed by atoms with Gasteiger partial charge in [-0.3, -0.25) is 9.58 Å². The lowest BCUT2D eigenvalue weighted by atomic mass is 10.0. The van der Waals surface area contributed by atoms with Crippen LogP contribution < -0.4 is 0 Å². The van der Waals surface area contributed by atoms with E-state index >= 15 is 0 Å². The Kier molecular flexibility index (Phi) is 4.46. The molecule has 0 amide bonds. The molecule has 0 radical (unpaired) electrons. The van der Waals surface area contributed by atoms with Gasteiger partial charge in [0.15, 0.2) is 5.82 Å². The second kappa shape index (κ2) is 6.77. The summed E-state index contributed by atoms with van der Waals surface area (Å²) < 4.78 is 23.6. The highest BCUT2D eigenvalue weighted by Crippen LogP contribution is 2.29. The number of methoxy groups -OCH3 is 1. The van der Waals surface area contributed by atoms with Crippen LogP contribution in [-0.4, -0.2) is 55.7 Å². The van der Waals surface area contributed by atoms with Gasteiger partial charge in [-0.25, -0.2) is 9.37 Å². The standard InChI is InChI=1S/C18H23FN6O/c1-4-25-15-7-5-6-13(19)18(15)20-17(25)11-24-8-12(16(10-24)26-3)14-9-23(2)22-21-14/h5-7,9,12,16H,4,8,10-11H2,1-3H3/t12-,16+/m0/s1. The van der Waals surface area contributed by atoms with E-state index in [-0.39, 0.29) is 17.8 Å². The van der Waals surface area contributed by atoms with Gasteiger partial charge < -0.3 is 9.30 Å². The molecule has 2 atom stereocenters. The van der Waals surface area contributed by atoms with Crippen LogP contribution in [0.1, 0.15) is 24.4 Å². The van der Waals surface area contributed by atoms with Crippen molar-refractivity contribution in [3.05, 3.63) is 41.7 Å². The van der Waals surface area contributed by atoms with Crippen molar-refractivity contribution >= 4 is 11.0 Å². The molecule has 138 valence electrons. The molecule has 7 nitrogen and oxygen atoms in total. The number of nitrogens with zero attached hydrogens (tertiary/aromatic N) is 6. The van der Waals surface area contributed by atoms with Crippen molar-refractivity contribution in [3.8, 4) is 0 Å². The minimum atomic E-state index is -0.274. The Morgan fingerprint density at radius 1 is 1.31 bits per heavy atom. The second-order valence-corrected chi connectivity index (χ2v) is 6.77.